The first-order chi connectivity index (χ1) is 16.9. The predicted octanol–water partition coefficient (Wildman–Crippen LogP) is 4.43. The molecule has 0 bridgehead atoms. The van der Waals surface area contributed by atoms with Crippen molar-refractivity contribution in [2.75, 3.05) is 0 Å². The number of benzene rings is 2. The lowest BCUT2D eigenvalue weighted by Crippen LogP contribution is -2.43. The fourth-order valence-electron chi connectivity index (χ4n) is 6.06. The minimum Gasteiger partial charge on any atom is -0.511 e. The van der Waals surface area contributed by atoms with Gasteiger partial charge in [0.25, 0.3) is 5.91 Å². The smallest absolute Gasteiger partial charge is 0.255 e. The molecule has 0 heterocycles. The number of aliphatic hydroxyl groups is 2. The van der Waals surface area contributed by atoms with Gasteiger partial charge in [0.15, 0.2) is 11.6 Å². The van der Waals surface area contributed by atoms with E-state index in [9.17, 15) is 29.7 Å². The van der Waals surface area contributed by atoms with Crippen LogP contribution >= 0.6 is 0 Å². The largest absolute Gasteiger partial charge is 0.511 e. The number of aromatic hydroxyl groups is 1. The first-order valence-electron chi connectivity index (χ1n) is 12.1. The second-order valence-corrected chi connectivity index (χ2v) is 11.1. The minimum atomic E-state index is -1.12. The summed E-state index contributed by atoms with van der Waals surface area (Å²) in [5, 5.41) is 32.1. The first kappa shape index (κ1) is 23.9. The summed E-state index contributed by atoms with van der Waals surface area (Å²) in [5.74, 6) is -5.26. The van der Waals surface area contributed by atoms with E-state index in [2.05, 4.69) is 32.9 Å². The molecule has 0 saturated heterocycles. The number of carbonyl (C=O) groups excluding carboxylic acids is 3. The average Bonchev–Trinajstić information content (AvgIpc) is 2.78. The summed E-state index contributed by atoms with van der Waals surface area (Å²) in [6.07, 6.45) is 0.773. The molecular formula is C29H29NO6. The Kier molecular flexibility index (Phi) is 5.36. The maximum atomic E-state index is 13.7. The number of nitrogens with two attached hydrogens (primary N) is 1. The van der Waals surface area contributed by atoms with Crippen molar-refractivity contribution in [3.05, 3.63) is 75.8 Å². The van der Waals surface area contributed by atoms with Crippen LogP contribution in [0.25, 0.3) is 11.1 Å². The van der Waals surface area contributed by atoms with E-state index in [1.165, 1.54) is 11.6 Å². The van der Waals surface area contributed by atoms with Crippen molar-refractivity contribution in [3.8, 4) is 16.9 Å². The Morgan fingerprint density at radius 2 is 1.64 bits per heavy atom. The number of phenolic OH excluding ortho intramolecular Hbond substituents is 1. The van der Waals surface area contributed by atoms with Crippen LogP contribution in [0.15, 0.2) is 59.1 Å². The maximum absolute atomic E-state index is 13.7. The Morgan fingerprint density at radius 1 is 0.972 bits per heavy atom. The van der Waals surface area contributed by atoms with Crippen molar-refractivity contribution < 1.29 is 29.7 Å². The van der Waals surface area contributed by atoms with E-state index in [-0.39, 0.29) is 40.2 Å². The van der Waals surface area contributed by atoms with E-state index in [1.54, 1.807) is 6.07 Å². The molecule has 1 unspecified atom stereocenters. The highest BCUT2D eigenvalue weighted by Crippen LogP contribution is 2.50. The van der Waals surface area contributed by atoms with Crippen LogP contribution in [0, 0.1) is 17.8 Å². The highest BCUT2D eigenvalue weighted by atomic mass is 16.3. The van der Waals surface area contributed by atoms with Gasteiger partial charge in [0.05, 0.1) is 11.5 Å². The number of hydrogen-bond donors (Lipinski definition) is 4. The summed E-state index contributed by atoms with van der Waals surface area (Å²) in [6.45, 7) is 6.40. The summed E-state index contributed by atoms with van der Waals surface area (Å²) in [4.78, 5) is 38.4. The van der Waals surface area contributed by atoms with Gasteiger partial charge < -0.3 is 21.1 Å². The number of rotatable bonds is 2. The average molecular weight is 488 g/mol. The van der Waals surface area contributed by atoms with Crippen LogP contribution in [-0.2, 0) is 21.4 Å². The van der Waals surface area contributed by atoms with Crippen molar-refractivity contribution in [3.63, 3.8) is 0 Å². The standard InChI is InChI=1S/C29H29NO6/c1-29(2,3)16-6-4-13(5-7-16)17-8-9-19(31)23-18(17)11-14-10-15-12-20(32)24(28(30)36)27(35)22(15)25(33)21(14)26(23)34/h4-9,14-15,22,31-33H,10-12H2,1-3H3,(H2,30,36)/t14-,15+,22?/m1/s1. The summed E-state index contributed by atoms with van der Waals surface area (Å²) in [5.41, 5.74) is 8.59. The van der Waals surface area contributed by atoms with Gasteiger partial charge in [-0.25, -0.2) is 0 Å². The van der Waals surface area contributed by atoms with Gasteiger partial charge in [-0.15, -0.1) is 0 Å². The highest BCUT2D eigenvalue weighted by molar-refractivity contribution is 6.22. The van der Waals surface area contributed by atoms with Gasteiger partial charge in [-0.1, -0.05) is 51.1 Å². The number of Topliss-reactive ketones (excluding diaryl/α,β-unsaturated/α-hetero) is 2. The van der Waals surface area contributed by atoms with Gasteiger partial charge in [-0.2, -0.15) is 0 Å². The van der Waals surface area contributed by atoms with E-state index in [4.69, 9.17) is 5.73 Å². The zero-order valence-corrected chi connectivity index (χ0v) is 20.5. The number of allylic oxidation sites excluding steroid dienone is 3. The number of carbonyl (C=O) groups is 3. The van der Waals surface area contributed by atoms with E-state index in [1.807, 2.05) is 12.1 Å². The molecule has 7 nitrogen and oxygen atoms in total. The van der Waals surface area contributed by atoms with E-state index < -0.39 is 40.8 Å². The van der Waals surface area contributed by atoms with Crippen LogP contribution in [0.3, 0.4) is 0 Å². The molecule has 2 aromatic rings. The SMILES string of the molecule is CC(C)(C)c1ccc(-c2ccc(O)c3c2C[C@H]2C[C@H]4CC(O)=C(C(N)=O)C(=O)C4C(O)=C2C3=O)cc1. The number of aliphatic hydroxyl groups excluding tert-OH is 2. The van der Waals surface area contributed by atoms with Gasteiger partial charge in [0.2, 0.25) is 0 Å². The predicted molar refractivity (Wildman–Crippen MR) is 133 cm³/mol. The minimum absolute atomic E-state index is 0.00937. The molecule has 1 amide bonds. The molecule has 186 valence electrons. The Bertz CT molecular complexity index is 1390. The molecule has 3 aliphatic carbocycles. The third-order valence-corrected chi connectivity index (χ3v) is 7.83. The summed E-state index contributed by atoms with van der Waals surface area (Å²) in [6, 6.07) is 11.4. The first-order valence-corrected chi connectivity index (χ1v) is 12.1. The molecule has 5 N–H and O–H groups in total. The molecule has 7 heteroatoms. The summed E-state index contributed by atoms with van der Waals surface area (Å²) in [7, 11) is 0. The van der Waals surface area contributed by atoms with Crippen LogP contribution in [0.1, 0.15) is 55.1 Å². The monoisotopic (exact) mass is 487 g/mol. The zero-order valence-electron chi connectivity index (χ0n) is 20.5. The van der Waals surface area contributed by atoms with Gasteiger partial charge >= 0.3 is 0 Å². The molecule has 3 atom stereocenters. The quantitative estimate of drug-likeness (QED) is 0.463. The van der Waals surface area contributed by atoms with Gasteiger partial charge in [0.1, 0.15) is 22.8 Å². The Hall–Kier alpha value is -3.87. The molecule has 5 rings (SSSR count). The van der Waals surface area contributed by atoms with Crippen molar-refractivity contribution in [2.24, 2.45) is 23.5 Å². The third-order valence-electron chi connectivity index (χ3n) is 7.83. The molecular weight excluding hydrogens is 458 g/mol. The normalized spacial score (nSPS) is 23.8. The number of amides is 1. The Morgan fingerprint density at radius 3 is 2.25 bits per heavy atom. The molecule has 0 fully saturated rings. The fraction of sp³-hybridized carbons (Fsp3) is 0.345. The number of phenols is 1. The van der Waals surface area contributed by atoms with E-state index >= 15 is 0 Å². The van der Waals surface area contributed by atoms with E-state index in [0.717, 1.165) is 11.1 Å². The molecule has 0 radical (unpaired) electrons. The Labute approximate surface area is 209 Å². The summed E-state index contributed by atoms with van der Waals surface area (Å²) >= 11 is 0. The second-order valence-electron chi connectivity index (χ2n) is 11.1. The van der Waals surface area contributed by atoms with Gasteiger partial charge in [0, 0.05) is 12.0 Å². The lowest BCUT2D eigenvalue weighted by molar-refractivity contribution is -0.126. The van der Waals surface area contributed by atoms with Crippen molar-refractivity contribution in [1.82, 2.24) is 0 Å². The van der Waals surface area contributed by atoms with Crippen molar-refractivity contribution in [1.29, 1.82) is 0 Å². The molecule has 0 saturated carbocycles. The molecule has 0 aromatic heterocycles. The van der Waals surface area contributed by atoms with E-state index in [0.29, 0.717) is 18.4 Å². The zero-order chi connectivity index (χ0) is 26.1. The van der Waals surface area contributed by atoms with Gasteiger partial charge in [-0.05, 0) is 58.4 Å². The molecule has 2 aromatic carbocycles. The Balaban J connectivity index is 1.61. The third kappa shape index (κ3) is 3.53. The topological polar surface area (TPSA) is 138 Å². The van der Waals surface area contributed by atoms with Crippen molar-refractivity contribution >= 4 is 17.5 Å². The van der Waals surface area contributed by atoms with Crippen LogP contribution in [0.4, 0.5) is 0 Å². The maximum Gasteiger partial charge on any atom is 0.255 e. The fourth-order valence-corrected chi connectivity index (χ4v) is 6.06. The number of ketones is 2. The summed E-state index contributed by atoms with van der Waals surface area (Å²) < 4.78 is 0. The van der Waals surface area contributed by atoms with Gasteiger partial charge in [-0.3, -0.25) is 14.4 Å². The lowest BCUT2D eigenvalue weighted by Gasteiger charge is -2.41. The molecule has 3 aliphatic rings. The molecule has 0 spiro atoms. The van der Waals surface area contributed by atoms with Crippen LogP contribution < -0.4 is 5.73 Å². The van der Waals surface area contributed by atoms with Crippen molar-refractivity contribution in [2.45, 2.75) is 45.4 Å². The molecule has 36 heavy (non-hydrogen) atoms. The lowest BCUT2D eigenvalue weighted by atomic mass is 9.62. The van der Waals surface area contributed by atoms with Crippen LogP contribution in [0.5, 0.6) is 5.75 Å². The number of fused-ring (bicyclic) bond motifs is 3. The second kappa shape index (κ2) is 8.08. The molecule has 0 aliphatic heterocycles. The number of primary amides is 1. The van der Waals surface area contributed by atoms with Crippen LogP contribution in [-0.4, -0.2) is 32.8 Å². The highest BCUT2D eigenvalue weighted by Gasteiger charge is 2.50. The number of hydrogen-bond acceptors (Lipinski definition) is 6. The van der Waals surface area contributed by atoms with Crippen LogP contribution in [0.2, 0.25) is 0 Å².